The molecule has 0 bridgehead atoms. The molecule has 0 saturated carbocycles. The SMILES string of the molecule is NC(=O)C1=CCC(NCc2cnc3nc(N)[nH]c(=O)c3n2)C=C1. The molecular weight excluding hydrogens is 298 g/mol. The summed E-state index contributed by atoms with van der Waals surface area (Å²) in [4.78, 5) is 37.5. The second-order valence-electron chi connectivity index (χ2n) is 5.09. The Hall–Kier alpha value is -3.07. The van der Waals surface area contributed by atoms with E-state index in [9.17, 15) is 9.59 Å². The maximum absolute atomic E-state index is 11.8. The molecule has 2 aromatic heterocycles. The fraction of sp³-hybridized carbons (Fsp3) is 0.214. The van der Waals surface area contributed by atoms with Crippen molar-refractivity contribution in [2.45, 2.75) is 19.0 Å². The molecule has 0 fully saturated rings. The number of rotatable bonds is 4. The number of primary amides is 1. The van der Waals surface area contributed by atoms with Crippen LogP contribution in [0, 0.1) is 0 Å². The van der Waals surface area contributed by atoms with Gasteiger partial charge in [-0.1, -0.05) is 18.2 Å². The zero-order valence-electron chi connectivity index (χ0n) is 12.1. The van der Waals surface area contributed by atoms with Crippen molar-refractivity contribution in [1.82, 2.24) is 25.3 Å². The first-order chi connectivity index (χ1) is 11.0. The maximum Gasteiger partial charge on any atom is 0.280 e. The number of carbonyl (C=O) groups is 1. The van der Waals surface area contributed by atoms with Gasteiger partial charge in [0.25, 0.3) is 5.56 Å². The van der Waals surface area contributed by atoms with Crippen LogP contribution in [0.2, 0.25) is 0 Å². The van der Waals surface area contributed by atoms with Gasteiger partial charge in [-0.15, -0.1) is 0 Å². The van der Waals surface area contributed by atoms with Crippen LogP contribution in [0.25, 0.3) is 11.2 Å². The highest BCUT2D eigenvalue weighted by Crippen LogP contribution is 2.11. The molecule has 0 aromatic carbocycles. The maximum atomic E-state index is 11.8. The summed E-state index contributed by atoms with van der Waals surface area (Å²) in [7, 11) is 0. The number of fused-ring (bicyclic) bond motifs is 1. The Bertz CT molecular complexity index is 884. The van der Waals surface area contributed by atoms with Crippen molar-refractivity contribution < 1.29 is 4.79 Å². The molecule has 2 aromatic rings. The molecule has 2 heterocycles. The lowest BCUT2D eigenvalue weighted by molar-refractivity contribution is -0.114. The standard InChI is InChI=1S/C14H15N7O2/c15-11(22)7-1-3-8(4-2-7)17-5-9-6-18-12-10(19-9)13(23)21-14(16)20-12/h1-3,6,8,17H,4-5H2,(H2,15,22)(H3,16,18,20,21,23). The molecule has 23 heavy (non-hydrogen) atoms. The first-order valence-corrected chi connectivity index (χ1v) is 6.96. The third-order valence-corrected chi connectivity index (χ3v) is 3.42. The first kappa shape index (κ1) is 14.9. The Morgan fingerprint density at radius 1 is 1.43 bits per heavy atom. The van der Waals surface area contributed by atoms with E-state index in [1.54, 1.807) is 18.3 Å². The molecule has 118 valence electrons. The normalized spacial score (nSPS) is 17.2. The van der Waals surface area contributed by atoms with Crippen molar-refractivity contribution in [3.8, 4) is 0 Å². The highest BCUT2D eigenvalue weighted by molar-refractivity contribution is 5.95. The van der Waals surface area contributed by atoms with Crippen molar-refractivity contribution in [1.29, 1.82) is 0 Å². The van der Waals surface area contributed by atoms with Gasteiger partial charge >= 0.3 is 0 Å². The van der Waals surface area contributed by atoms with Crippen LogP contribution >= 0.6 is 0 Å². The minimum atomic E-state index is -0.439. The average Bonchev–Trinajstić information content (AvgIpc) is 2.53. The quantitative estimate of drug-likeness (QED) is 0.572. The van der Waals surface area contributed by atoms with E-state index in [2.05, 4.69) is 25.3 Å². The van der Waals surface area contributed by atoms with E-state index in [1.807, 2.05) is 6.08 Å². The van der Waals surface area contributed by atoms with Crippen molar-refractivity contribution >= 4 is 23.0 Å². The summed E-state index contributed by atoms with van der Waals surface area (Å²) in [6.45, 7) is 0.418. The fourth-order valence-electron chi connectivity index (χ4n) is 2.25. The van der Waals surface area contributed by atoms with Crippen molar-refractivity contribution in [3.05, 3.63) is 46.0 Å². The molecule has 1 aliphatic carbocycles. The van der Waals surface area contributed by atoms with Crippen LogP contribution in [-0.4, -0.2) is 31.9 Å². The average molecular weight is 313 g/mol. The predicted octanol–water partition coefficient (Wildman–Crippen LogP) is -0.875. The van der Waals surface area contributed by atoms with E-state index in [-0.39, 0.29) is 23.2 Å². The number of aromatic nitrogens is 4. The molecule has 9 heteroatoms. The van der Waals surface area contributed by atoms with Gasteiger partial charge in [-0.05, 0) is 6.42 Å². The molecule has 1 atom stereocenters. The van der Waals surface area contributed by atoms with E-state index in [0.717, 1.165) is 0 Å². The van der Waals surface area contributed by atoms with Crippen LogP contribution in [0.5, 0.6) is 0 Å². The molecule has 0 radical (unpaired) electrons. The fourth-order valence-corrected chi connectivity index (χ4v) is 2.25. The third kappa shape index (κ3) is 3.24. The minimum Gasteiger partial charge on any atom is -0.369 e. The topological polar surface area (TPSA) is 153 Å². The molecule has 1 amide bonds. The lowest BCUT2D eigenvalue weighted by atomic mass is 10.0. The number of hydrogen-bond acceptors (Lipinski definition) is 7. The van der Waals surface area contributed by atoms with E-state index in [4.69, 9.17) is 11.5 Å². The van der Waals surface area contributed by atoms with Gasteiger partial charge in [-0.2, -0.15) is 4.98 Å². The molecule has 1 unspecified atom stereocenters. The monoisotopic (exact) mass is 313 g/mol. The van der Waals surface area contributed by atoms with Crippen LogP contribution in [0.15, 0.2) is 34.8 Å². The largest absolute Gasteiger partial charge is 0.369 e. The van der Waals surface area contributed by atoms with Crippen LogP contribution in [-0.2, 0) is 11.3 Å². The van der Waals surface area contributed by atoms with Crippen LogP contribution in [0.3, 0.4) is 0 Å². The number of nitrogens with one attached hydrogen (secondary N) is 2. The Morgan fingerprint density at radius 3 is 2.96 bits per heavy atom. The molecule has 9 nitrogen and oxygen atoms in total. The lowest BCUT2D eigenvalue weighted by Crippen LogP contribution is -2.29. The molecule has 1 aliphatic rings. The number of nitrogens with two attached hydrogens (primary N) is 2. The summed E-state index contributed by atoms with van der Waals surface area (Å²) >= 11 is 0. The second kappa shape index (κ2) is 5.97. The van der Waals surface area contributed by atoms with E-state index in [0.29, 0.717) is 24.2 Å². The third-order valence-electron chi connectivity index (χ3n) is 3.42. The summed E-state index contributed by atoms with van der Waals surface area (Å²) in [5, 5.41) is 3.25. The number of anilines is 1. The zero-order chi connectivity index (χ0) is 16.4. The summed E-state index contributed by atoms with van der Waals surface area (Å²) in [6, 6.07) is 0.0541. The highest BCUT2D eigenvalue weighted by Gasteiger charge is 2.12. The number of nitrogens with zero attached hydrogens (tertiary/aromatic N) is 3. The summed E-state index contributed by atoms with van der Waals surface area (Å²) < 4.78 is 0. The van der Waals surface area contributed by atoms with Gasteiger partial charge in [0.15, 0.2) is 11.2 Å². The van der Waals surface area contributed by atoms with Crippen LogP contribution in [0.1, 0.15) is 12.1 Å². The number of aromatic amines is 1. The number of carbonyl (C=O) groups excluding carboxylic acids is 1. The molecule has 0 aliphatic heterocycles. The smallest absolute Gasteiger partial charge is 0.280 e. The van der Waals surface area contributed by atoms with Gasteiger partial charge in [0.05, 0.1) is 11.9 Å². The van der Waals surface area contributed by atoms with Crippen LogP contribution in [0.4, 0.5) is 5.95 Å². The zero-order valence-corrected chi connectivity index (χ0v) is 12.1. The van der Waals surface area contributed by atoms with E-state index < -0.39 is 11.5 Å². The Morgan fingerprint density at radius 2 is 2.26 bits per heavy atom. The van der Waals surface area contributed by atoms with Gasteiger partial charge in [-0.3, -0.25) is 14.6 Å². The van der Waals surface area contributed by atoms with E-state index >= 15 is 0 Å². The Labute approximate surface area is 130 Å². The number of amides is 1. The molecular formula is C14H15N7O2. The summed E-state index contributed by atoms with van der Waals surface area (Å²) in [5.74, 6) is -0.432. The number of hydrogen-bond donors (Lipinski definition) is 4. The second-order valence-corrected chi connectivity index (χ2v) is 5.09. The molecule has 6 N–H and O–H groups in total. The predicted molar refractivity (Wildman–Crippen MR) is 84.0 cm³/mol. The van der Waals surface area contributed by atoms with Crippen LogP contribution < -0.4 is 22.3 Å². The number of nitrogen functional groups attached to an aromatic ring is 1. The van der Waals surface area contributed by atoms with Gasteiger partial charge in [0, 0.05) is 18.2 Å². The summed E-state index contributed by atoms with van der Waals surface area (Å²) in [5.41, 5.74) is 11.7. The van der Waals surface area contributed by atoms with Gasteiger partial charge in [0.2, 0.25) is 11.9 Å². The van der Waals surface area contributed by atoms with Crippen molar-refractivity contribution in [2.75, 3.05) is 5.73 Å². The lowest BCUT2D eigenvalue weighted by Gasteiger charge is -2.16. The van der Waals surface area contributed by atoms with Crippen molar-refractivity contribution in [3.63, 3.8) is 0 Å². The number of H-pyrrole nitrogens is 1. The Balaban J connectivity index is 1.70. The van der Waals surface area contributed by atoms with Crippen molar-refractivity contribution in [2.24, 2.45) is 5.73 Å². The summed E-state index contributed by atoms with van der Waals surface area (Å²) in [6.07, 6.45) is 7.52. The van der Waals surface area contributed by atoms with Gasteiger partial charge < -0.3 is 16.8 Å². The van der Waals surface area contributed by atoms with E-state index in [1.165, 1.54) is 0 Å². The minimum absolute atomic E-state index is 0.00654. The van der Waals surface area contributed by atoms with Gasteiger partial charge in [-0.25, -0.2) is 9.97 Å². The highest BCUT2D eigenvalue weighted by atomic mass is 16.1. The van der Waals surface area contributed by atoms with Gasteiger partial charge in [0.1, 0.15) is 0 Å². The molecule has 0 saturated heterocycles. The Kier molecular flexibility index (Phi) is 3.85. The first-order valence-electron chi connectivity index (χ1n) is 6.96. The molecule has 3 rings (SSSR count). The molecule has 0 spiro atoms.